The van der Waals surface area contributed by atoms with Gasteiger partial charge >= 0.3 is 12.1 Å². The highest BCUT2D eigenvalue weighted by molar-refractivity contribution is 5.87. The molecule has 2 aliphatic rings. The SMILES string of the molecule is COC(=O)[C@@H]1Cc2c([nH]c3ccccc23)[C@H]2C[C@H](NCc3cccnc3)C[C@@H](c3ccc(C(F)(F)F)cc3)N21. The molecule has 0 amide bonds. The average molecular weight is 535 g/mol. The van der Waals surface area contributed by atoms with E-state index in [1.807, 2.05) is 36.5 Å². The summed E-state index contributed by atoms with van der Waals surface area (Å²) in [5.74, 6) is -0.338. The van der Waals surface area contributed by atoms with Crippen LogP contribution in [0.1, 0.15) is 52.9 Å². The second-order valence-corrected chi connectivity index (χ2v) is 10.3. The van der Waals surface area contributed by atoms with E-state index < -0.39 is 17.8 Å². The molecule has 2 aromatic heterocycles. The van der Waals surface area contributed by atoms with Crippen molar-refractivity contribution < 1.29 is 22.7 Å². The van der Waals surface area contributed by atoms with Crippen molar-refractivity contribution in [3.63, 3.8) is 0 Å². The van der Waals surface area contributed by atoms with Gasteiger partial charge < -0.3 is 15.0 Å². The lowest BCUT2D eigenvalue weighted by Gasteiger charge is -2.50. The summed E-state index contributed by atoms with van der Waals surface area (Å²) in [5.41, 5.74) is 4.26. The first-order valence-corrected chi connectivity index (χ1v) is 13.1. The molecule has 6 rings (SSSR count). The molecule has 0 saturated carbocycles. The van der Waals surface area contributed by atoms with Crippen molar-refractivity contribution in [2.45, 2.75) is 56.2 Å². The summed E-state index contributed by atoms with van der Waals surface area (Å²) in [6.45, 7) is 0.616. The fourth-order valence-corrected chi connectivity index (χ4v) is 6.30. The number of aromatic amines is 1. The second kappa shape index (κ2) is 10.1. The van der Waals surface area contributed by atoms with Crippen LogP contribution in [0.3, 0.4) is 0 Å². The smallest absolute Gasteiger partial charge is 0.416 e. The largest absolute Gasteiger partial charge is 0.468 e. The molecule has 1 saturated heterocycles. The zero-order valence-electron chi connectivity index (χ0n) is 21.4. The van der Waals surface area contributed by atoms with Crippen LogP contribution in [0.15, 0.2) is 73.1 Å². The van der Waals surface area contributed by atoms with Gasteiger partial charge in [-0.1, -0.05) is 36.4 Å². The molecular formula is C30H29F3N4O2. The van der Waals surface area contributed by atoms with Crippen LogP contribution in [0.4, 0.5) is 13.2 Å². The number of ether oxygens (including phenoxy) is 1. The van der Waals surface area contributed by atoms with E-state index in [-0.39, 0.29) is 24.1 Å². The number of carbonyl (C=O) groups excluding carboxylic acids is 1. The lowest BCUT2D eigenvalue weighted by atomic mass is 9.79. The number of nitrogens with zero attached hydrogens (tertiary/aromatic N) is 2. The number of esters is 1. The number of hydrogen-bond donors (Lipinski definition) is 2. The number of pyridine rings is 1. The number of benzene rings is 2. The number of para-hydroxylation sites is 1. The molecule has 202 valence electrons. The monoisotopic (exact) mass is 534 g/mol. The van der Waals surface area contributed by atoms with E-state index in [0.717, 1.165) is 51.8 Å². The number of H-pyrrole nitrogens is 1. The maximum Gasteiger partial charge on any atom is 0.416 e. The number of fused-ring (bicyclic) bond motifs is 5. The summed E-state index contributed by atoms with van der Waals surface area (Å²) in [6, 6.07) is 16.3. The number of methoxy groups -OCH3 is 1. The Balaban J connectivity index is 1.42. The second-order valence-electron chi connectivity index (χ2n) is 10.3. The van der Waals surface area contributed by atoms with Crippen LogP contribution in [0, 0.1) is 0 Å². The Kier molecular flexibility index (Phi) is 6.64. The van der Waals surface area contributed by atoms with E-state index in [2.05, 4.69) is 26.3 Å². The molecule has 0 aliphatic carbocycles. The van der Waals surface area contributed by atoms with E-state index in [9.17, 15) is 18.0 Å². The lowest BCUT2D eigenvalue weighted by Crippen LogP contribution is -2.55. The van der Waals surface area contributed by atoms with Gasteiger partial charge in [-0.05, 0) is 53.8 Å². The fourth-order valence-electron chi connectivity index (χ4n) is 6.30. The minimum absolute atomic E-state index is 0.0504. The average Bonchev–Trinajstić information content (AvgIpc) is 3.34. The van der Waals surface area contributed by atoms with Crippen LogP contribution in [-0.2, 0) is 28.7 Å². The van der Waals surface area contributed by atoms with Crippen molar-refractivity contribution in [2.75, 3.05) is 7.11 Å². The molecule has 2 N–H and O–H groups in total. The van der Waals surface area contributed by atoms with Crippen LogP contribution < -0.4 is 5.32 Å². The van der Waals surface area contributed by atoms with Gasteiger partial charge in [0.1, 0.15) is 6.04 Å². The highest BCUT2D eigenvalue weighted by Crippen LogP contribution is 2.49. The van der Waals surface area contributed by atoms with Crippen molar-refractivity contribution >= 4 is 16.9 Å². The third kappa shape index (κ3) is 4.81. The molecular weight excluding hydrogens is 505 g/mol. The van der Waals surface area contributed by atoms with E-state index >= 15 is 0 Å². The van der Waals surface area contributed by atoms with E-state index in [1.165, 1.54) is 7.11 Å². The Bertz CT molecular complexity index is 1470. The number of halogens is 3. The quantitative estimate of drug-likeness (QED) is 0.321. The predicted octanol–water partition coefficient (Wildman–Crippen LogP) is 5.72. The van der Waals surface area contributed by atoms with Gasteiger partial charge in [0.2, 0.25) is 0 Å². The number of piperidine rings is 1. The van der Waals surface area contributed by atoms with Crippen LogP contribution in [0.2, 0.25) is 0 Å². The lowest BCUT2D eigenvalue weighted by molar-refractivity contribution is -0.152. The Morgan fingerprint density at radius 1 is 1.08 bits per heavy atom. The van der Waals surface area contributed by atoms with Crippen LogP contribution in [-0.4, -0.2) is 40.0 Å². The topological polar surface area (TPSA) is 70.2 Å². The van der Waals surface area contributed by atoms with Gasteiger partial charge in [-0.15, -0.1) is 0 Å². The molecule has 0 spiro atoms. The number of carbonyl (C=O) groups is 1. The van der Waals surface area contributed by atoms with Crippen molar-refractivity contribution in [3.8, 4) is 0 Å². The highest BCUT2D eigenvalue weighted by Gasteiger charge is 2.48. The van der Waals surface area contributed by atoms with Crippen molar-refractivity contribution in [2.24, 2.45) is 0 Å². The van der Waals surface area contributed by atoms with Gasteiger partial charge in [-0.3, -0.25) is 14.7 Å². The summed E-state index contributed by atoms with van der Waals surface area (Å²) < 4.78 is 45.3. The molecule has 39 heavy (non-hydrogen) atoms. The minimum Gasteiger partial charge on any atom is -0.468 e. The minimum atomic E-state index is -4.42. The number of aromatic nitrogens is 2. The summed E-state index contributed by atoms with van der Waals surface area (Å²) in [6.07, 6.45) is 0.956. The Labute approximate surface area is 224 Å². The molecule has 4 heterocycles. The van der Waals surface area contributed by atoms with Gasteiger partial charge in [-0.2, -0.15) is 13.2 Å². The first-order valence-electron chi connectivity index (χ1n) is 13.1. The molecule has 6 nitrogen and oxygen atoms in total. The van der Waals surface area contributed by atoms with E-state index in [1.54, 1.807) is 18.3 Å². The van der Waals surface area contributed by atoms with Crippen LogP contribution >= 0.6 is 0 Å². The standard InChI is InChI=1S/C30H29F3N4O2/c1-39-29(38)27-15-23-22-6-2-3-7-24(22)36-28(23)26-14-21(35-17-18-5-4-12-34-16-18)13-25(37(26)27)19-8-10-20(11-9-19)30(31,32)33/h2-12,16,21,25-27,35-36H,13-15,17H2,1H3/t21-,25+,26-,27+/m1/s1. The summed E-state index contributed by atoms with van der Waals surface area (Å²) >= 11 is 0. The molecule has 4 aromatic rings. The summed E-state index contributed by atoms with van der Waals surface area (Å²) in [7, 11) is 1.39. The van der Waals surface area contributed by atoms with Gasteiger partial charge in [0.05, 0.1) is 18.7 Å². The molecule has 1 fully saturated rings. The summed E-state index contributed by atoms with van der Waals surface area (Å²) in [5, 5.41) is 4.73. The maximum absolute atomic E-state index is 13.3. The first-order chi connectivity index (χ1) is 18.8. The molecule has 0 radical (unpaired) electrons. The van der Waals surface area contributed by atoms with Crippen molar-refractivity contribution in [3.05, 3.63) is 101 Å². The maximum atomic E-state index is 13.3. The third-order valence-corrected chi connectivity index (χ3v) is 8.09. The van der Waals surface area contributed by atoms with Gasteiger partial charge in [-0.25, -0.2) is 0 Å². The van der Waals surface area contributed by atoms with Crippen LogP contribution in [0.5, 0.6) is 0 Å². The van der Waals surface area contributed by atoms with E-state index in [0.29, 0.717) is 19.4 Å². The normalized spacial score (nSPS) is 23.3. The first kappa shape index (κ1) is 25.6. The third-order valence-electron chi connectivity index (χ3n) is 8.09. The predicted molar refractivity (Wildman–Crippen MR) is 141 cm³/mol. The Morgan fingerprint density at radius 2 is 1.85 bits per heavy atom. The van der Waals surface area contributed by atoms with Crippen LogP contribution in [0.25, 0.3) is 10.9 Å². The van der Waals surface area contributed by atoms with Gasteiger partial charge in [0, 0.05) is 54.0 Å². The number of nitrogens with one attached hydrogen (secondary N) is 2. The molecule has 0 unspecified atom stereocenters. The number of hydrogen-bond acceptors (Lipinski definition) is 5. The summed E-state index contributed by atoms with van der Waals surface area (Å²) in [4.78, 5) is 23.2. The molecule has 2 aliphatic heterocycles. The molecule has 9 heteroatoms. The molecule has 2 aromatic carbocycles. The number of rotatable bonds is 5. The van der Waals surface area contributed by atoms with Crippen molar-refractivity contribution in [1.82, 2.24) is 20.2 Å². The zero-order valence-corrected chi connectivity index (χ0v) is 21.4. The highest BCUT2D eigenvalue weighted by atomic mass is 19.4. The van der Waals surface area contributed by atoms with E-state index in [4.69, 9.17) is 4.74 Å². The Morgan fingerprint density at radius 3 is 2.56 bits per heavy atom. The van der Waals surface area contributed by atoms with Gasteiger partial charge in [0.25, 0.3) is 0 Å². The fraction of sp³-hybridized carbons (Fsp3) is 0.333. The molecule has 0 bridgehead atoms. The van der Waals surface area contributed by atoms with Gasteiger partial charge in [0.15, 0.2) is 0 Å². The Hall–Kier alpha value is -3.69. The molecule has 4 atom stereocenters. The number of alkyl halides is 3. The van der Waals surface area contributed by atoms with Crippen molar-refractivity contribution in [1.29, 1.82) is 0 Å². The zero-order chi connectivity index (χ0) is 27.1.